The molecule has 21 heavy (non-hydrogen) atoms. The quantitative estimate of drug-likeness (QED) is 0.938. The number of nitrogens with one attached hydrogen (secondary N) is 1. The van der Waals surface area contributed by atoms with Crippen LogP contribution in [0.2, 0.25) is 0 Å². The third-order valence-corrected chi connectivity index (χ3v) is 4.56. The third-order valence-electron chi connectivity index (χ3n) is 4.56. The van der Waals surface area contributed by atoms with Gasteiger partial charge in [-0.3, -0.25) is 9.69 Å². The maximum Gasteiger partial charge on any atom is 0.271 e. The Kier molecular flexibility index (Phi) is 2.82. The standard InChI is InChI=1S/C16H17N3O2/c1-2-11-9-21-14-7-17-13(6-12(11)14)16(20)18-15-5-10-3-4-19(15)8-10/h2,6-7,9-10,15H,1,3-5,8H2,(H,18,20). The number of hydrogen-bond acceptors (Lipinski definition) is 4. The molecule has 2 aromatic rings. The zero-order valence-electron chi connectivity index (χ0n) is 11.7. The monoisotopic (exact) mass is 283 g/mol. The van der Waals surface area contributed by atoms with Gasteiger partial charge < -0.3 is 9.73 Å². The molecule has 4 rings (SSSR count). The van der Waals surface area contributed by atoms with Crippen molar-refractivity contribution in [3.05, 3.63) is 36.4 Å². The first kappa shape index (κ1) is 12.6. The molecule has 5 heteroatoms. The van der Waals surface area contributed by atoms with E-state index in [0.29, 0.717) is 11.3 Å². The van der Waals surface area contributed by atoms with Crippen molar-refractivity contribution in [1.82, 2.24) is 15.2 Å². The maximum atomic E-state index is 12.4. The Hall–Kier alpha value is -2.14. The van der Waals surface area contributed by atoms with E-state index in [1.807, 2.05) is 0 Å². The average molecular weight is 283 g/mol. The van der Waals surface area contributed by atoms with Crippen molar-refractivity contribution in [2.75, 3.05) is 13.1 Å². The summed E-state index contributed by atoms with van der Waals surface area (Å²) in [5.74, 6) is 0.623. The lowest BCUT2D eigenvalue weighted by Gasteiger charge is -2.25. The van der Waals surface area contributed by atoms with Gasteiger partial charge in [0.05, 0.1) is 18.6 Å². The molecular formula is C16H17N3O2. The molecule has 1 amide bonds. The molecule has 3 unspecified atom stereocenters. The second-order valence-corrected chi connectivity index (χ2v) is 5.84. The highest BCUT2D eigenvalue weighted by Gasteiger charge is 2.38. The van der Waals surface area contributed by atoms with Crippen molar-refractivity contribution in [2.45, 2.75) is 19.0 Å². The topological polar surface area (TPSA) is 58.4 Å². The van der Waals surface area contributed by atoms with E-state index in [4.69, 9.17) is 4.42 Å². The molecule has 1 N–H and O–H groups in total. The molecule has 2 aliphatic rings. The molecule has 2 aromatic heterocycles. The number of nitrogens with zero attached hydrogens (tertiary/aromatic N) is 2. The van der Waals surface area contributed by atoms with Crippen LogP contribution in [0.4, 0.5) is 0 Å². The number of piperidine rings is 1. The first-order valence-corrected chi connectivity index (χ1v) is 7.29. The number of amides is 1. The molecule has 108 valence electrons. The summed E-state index contributed by atoms with van der Waals surface area (Å²) in [5.41, 5.74) is 1.98. The molecule has 0 radical (unpaired) electrons. The molecule has 2 fully saturated rings. The Labute approximate surface area is 122 Å². The number of pyridine rings is 1. The van der Waals surface area contributed by atoms with E-state index >= 15 is 0 Å². The normalized spacial score (nSPS) is 27.1. The van der Waals surface area contributed by atoms with Gasteiger partial charge in [-0.25, -0.2) is 4.98 Å². The van der Waals surface area contributed by atoms with E-state index in [0.717, 1.165) is 36.4 Å². The smallest absolute Gasteiger partial charge is 0.271 e. The van der Waals surface area contributed by atoms with Crippen LogP contribution in [0.3, 0.4) is 0 Å². The molecule has 0 aromatic carbocycles. The van der Waals surface area contributed by atoms with Gasteiger partial charge in [0, 0.05) is 24.0 Å². The van der Waals surface area contributed by atoms with Crippen LogP contribution in [0.1, 0.15) is 28.9 Å². The van der Waals surface area contributed by atoms with E-state index in [2.05, 4.69) is 21.8 Å². The van der Waals surface area contributed by atoms with Crippen LogP contribution >= 0.6 is 0 Å². The first-order valence-electron chi connectivity index (χ1n) is 7.29. The van der Waals surface area contributed by atoms with Gasteiger partial charge in [0.25, 0.3) is 5.91 Å². The van der Waals surface area contributed by atoms with E-state index < -0.39 is 0 Å². The molecule has 0 saturated carbocycles. The molecular weight excluding hydrogens is 266 g/mol. The number of aromatic nitrogens is 1. The summed E-state index contributed by atoms with van der Waals surface area (Å²) in [4.78, 5) is 18.9. The number of carbonyl (C=O) groups is 1. The summed E-state index contributed by atoms with van der Waals surface area (Å²) in [6.45, 7) is 5.95. The fraction of sp³-hybridized carbons (Fsp3) is 0.375. The van der Waals surface area contributed by atoms with E-state index in [1.165, 1.54) is 6.42 Å². The van der Waals surface area contributed by atoms with Gasteiger partial charge in [-0.2, -0.15) is 0 Å². The van der Waals surface area contributed by atoms with E-state index in [-0.39, 0.29) is 12.1 Å². The number of furan rings is 1. The predicted molar refractivity (Wildman–Crippen MR) is 79.7 cm³/mol. The van der Waals surface area contributed by atoms with Crippen LogP contribution in [-0.4, -0.2) is 35.0 Å². The van der Waals surface area contributed by atoms with Crippen LogP contribution in [0.5, 0.6) is 0 Å². The second-order valence-electron chi connectivity index (χ2n) is 5.84. The van der Waals surface area contributed by atoms with Gasteiger partial charge in [-0.1, -0.05) is 12.7 Å². The Bertz CT molecular complexity index is 721. The van der Waals surface area contributed by atoms with Crippen molar-refractivity contribution < 1.29 is 9.21 Å². The largest absolute Gasteiger partial charge is 0.462 e. The van der Waals surface area contributed by atoms with Gasteiger partial charge in [0.1, 0.15) is 5.69 Å². The van der Waals surface area contributed by atoms with Crippen LogP contribution in [0, 0.1) is 5.92 Å². The molecule has 5 nitrogen and oxygen atoms in total. The van der Waals surface area contributed by atoms with E-state index in [1.54, 1.807) is 24.6 Å². The number of hydrogen-bond donors (Lipinski definition) is 1. The van der Waals surface area contributed by atoms with Crippen molar-refractivity contribution in [2.24, 2.45) is 5.92 Å². The maximum absolute atomic E-state index is 12.4. The molecule has 0 aliphatic carbocycles. The van der Waals surface area contributed by atoms with Crippen molar-refractivity contribution in [3.8, 4) is 0 Å². The van der Waals surface area contributed by atoms with Gasteiger partial charge in [-0.05, 0) is 24.8 Å². The summed E-state index contributed by atoms with van der Waals surface area (Å²) in [5, 5.41) is 3.96. The van der Waals surface area contributed by atoms with Crippen molar-refractivity contribution >= 4 is 23.0 Å². The zero-order valence-corrected chi connectivity index (χ0v) is 11.7. The number of fused-ring (bicyclic) bond motifs is 3. The number of carbonyl (C=O) groups excluding carboxylic acids is 1. The van der Waals surface area contributed by atoms with Crippen LogP contribution < -0.4 is 5.32 Å². The van der Waals surface area contributed by atoms with Crippen LogP contribution in [0.15, 0.2) is 29.5 Å². The second kappa shape index (κ2) is 4.70. The highest BCUT2D eigenvalue weighted by Crippen LogP contribution is 2.31. The van der Waals surface area contributed by atoms with Gasteiger partial charge >= 0.3 is 0 Å². The highest BCUT2D eigenvalue weighted by molar-refractivity contribution is 5.97. The summed E-state index contributed by atoms with van der Waals surface area (Å²) >= 11 is 0. The fourth-order valence-corrected chi connectivity index (χ4v) is 3.41. The molecule has 4 heterocycles. The molecule has 0 spiro atoms. The zero-order chi connectivity index (χ0) is 14.4. The average Bonchev–Trinajstić information content (AvgIpc) is 3.21. The molecule has 2 aliphatic heterocycles. The minimum Gasteiger partial charge on any atom is -0.462 e. The van der Waals surface area contributed by atoms with Gasteiger partial charge in [0.15, 0.2) is 5.58 Å². The fourth-order valence-electron chi connectivity index (χ4n) is 3.41. The minimum atomic E-state index is -0.120. The summed E-state index contributed by atoms with van der Waals surface area (Å²) in [6, 6.07) is 1.77. The SMILES string of the molecule is C=Cc1coc2cnc(C(=O)NC3CC4CCN3C4)cc12. The van der Waals surface area contributed by atoms with Crippen LogP contribution in [0.25, 0.3) is 17.0 Å². The minimum absolute atomic E-state index is 0.120. The lowest BCUT2D eigenvalue weighted by atomic mass is 10.0. The van der Waals surface area contributed by atoms with Crippen LogP contribution in [-0.2, 0) is 0 Å². The summed E-state index contributed by atoms with van der Waals surface area (Å²) in [7, 11) is 0. The lowest BCUT2D eigenvalue weighted by Crippen LogP contribution is -2.45. The first-order chi connectivity index (χ1) is 10.2. The molecule has 2 saturated heterocycles. The molecule has 3 atom stereocenters. The molecule has 2 bridgehead atoms. The Morgan fingerprint density at radius 3 is 3.19 bits per heavy atom. The summed E-state index contributed by atoms with van der Waals surface area (Å²) < 4.78 is 5.37. The Morgan fingerprint density at radius 2 is 2.48 bits per heavy atom. The lowest BCUT2D eigenvalue weighted by molar-refractivity contribution is 0.0878. The predicted octanol–water partition coefficient (Wildman–Crippen LogP) is 2.25. The van der Waals surface area contributed by atoms with Crippen molar-refractivity contribution in [1.29, 1.82) is 0 Å². The number of rotatable bonds is 3. The Balaban J connectivity index is 1.57. The highest BCUT2D eigenvalue weighted by atomic mass is 16.3. The summed E-state index contributed by atoms with van der Waals surface area (Å²) in [6.07, 6.45) is 7.42. The van der Waals surface area contributed by atoms with Gasteiger partial charge in [-0.15, -0.1) is 0 Å². The van der Waals surface area contributed by atoms with E-state index in [9.17, 15) is 4.79 Å². The van der Waals surface area contributed by atoms with Gasteiger partial charge in [0.2, 0.25) is 0 Å². The third kappa shape index (κ3) is 2.05. The van der Waals surface area contributed by atoms with Crippen molar-refractivity contribution in [3.63, 3.8) is 0 Å². The Morgan fingerprint density at radius 1 is 1.57 bits per heavy atom.